The highest BCUT2D eigenvalue weighted by Crippen LogP contribution is 2.30. The molecule has 0 aliphatic carbocycles. The van der Waals surface area contributed by atoms with Gasteiger partial charge < -0.3 is 19.3 Å². The predicted molar refractivity (Wildman–Crippen MR) is 118 cm³/mol. The lowest BCUT2D eigenvalue weighted by Crippen LogP contribution is -2.41. The van der Waals surface area contributed by atoms with Crippen molar-refractivity contribution < 1.29 is 14.3 Å². The molecule has 1 saturated heterocycles. The number of carbonyl (C=O) groups excluding carboxylic acids is 1. The molecule has 1 amide bonds. The fourth-order valence-electron chi connectivity index (χ4n) is 4.55. The number of rotatable bonds is 9. The van der Waals surface area contributed by atoms with Crippen LogP contribution in [0.25, 0.3) is 0 Å². The van der Waals surface area contributed by atoms with Gasteiger partial charge in [0.1, 0.15) is 0 Å². The van der Waals surface area contributed by atoms with Gasteiger partial charge in [0, 0.05) is 45.1 Å². The first-order chi connectivity index (χ1) is 15.2. The Morgan fingerprint density at radius 1 is 1.13 bits per heavy atom. The number of benzene rings is 1. The van der Waals surface area contributed by atoms with Gasteiger partial charge in [-0.25, -0.2) is 4.68 Å². The third-order valence-electron chi connectivity index (χ3n) is 6.16. The van der Waals surface area contributed by atoms with Crippen molar-refractivity contribution in [2.45, 2.75) is 45.9 Å². The van der Waals surface area contributed by atoms with Crippen LogP contribution in [-0.4, -0.2) is 71.5 Å². The maximum atomic E-state index is 12.9. The number of amides is 1. The molecule has 0 atom stereocenters. The number of ether oxygens (including phenoxy) is 2. The van der Waals surface area contributed by atoms with Gasteiger partial charge in [0.2, 0.25) is 0 Å². The summed E-state index contributed by atoms with van der Waals surface area (Å²) in [5.41, 5.74) is 3.22. The summed E-state index contributed by atoms with van der Waals surface area (Å²) >= 11 is 0. The topological polar surface area (TPSA) is 72.7 Å². The molecule has 0 spiro atoms. The number of carbonyl (C=O) groups is 1. The lowest BCUT2D eigenvalue weighted by molar-refractivity contribution is -0.145. The molecule has 0 saturated carbocycles. The molecule has 2 aliphatic rings. The Morgan fingerprint density at radius 3 is 2.61 bits per heavy atom. The highest BCUT2D eigenvalue weighted by Gasteiger charge is 2.28. The van der Waals surface area contributed by atoms with Gasteiger partial charge in [-0.2, -0.15) is 0 Å². The molecule has 1 fully saturated rings. The summed E-state index contributed by atoms with van der Waals surface area (Å²) in [4.78, 5) is 17.3. The molecule has 2 aliphatic heterocycles. The molecule has 168 valence electrons. The average Bonchev–Trinajstić information content (AvgIpc) is 3.42. The van der Waals surface area contributed by atoms with Gasteiger partial charge in [-0.1, -0.05) is 23.4 Å². The minimum absolute atomic E-state index is 0.0411. The summed E-state index contributed by atoms with van der Waals surface area (Å²) in [7, 11) is 0. The fourth-order valence-corrected chi connectivity index (χ4v) is 4.55. The molecule has 3 heterocycles. The fraction of sp³-hybridized carbons (Fsp3) is 0.609. The first kappa shape index (κ1) is 21.8. The van der Waals surface area contributed by atoms with Crippen LogP contribution in [0.5, 0.6) is 0 Å². The molecule has 0 bridgehead atoms. The summed E-state index contributed by atoms with van der Waals surface area (Å²) in [6, 6.07) is 8.70. The summed E-state index contributed by atoms with van der Waals surface area (Å²) in [5, 5.41) is 8.19. The van der Waals surface area contributed by atoms with E-state index in [0.29, 0.717) is 31.4 Å². The first-order valence-electron chi connectivity index (χ1n) is 11.4. The zero-order chi connectivity index (χ0) is 21.6. The molecule has 1 aromatic heterocycles. The molecule has 0 radical (unpaired) electrons. The second-order valence-corrected chi connectivity index (χ2v) is 8.23. The number of nitrogens with zero attached hydrogens (tertiary/aromatic N) is 5. The summed E-state index contributed by atoms with van der Waals surface area (Å²) in [6.07, 6.45) is 4.49. The second-order valence-electron chi connectivity index (χ2n) is 8.23. The Labute approximate surface area is 184 Å². The quantitative estimate of drug-likeness (QED) is 0.573. The van der Waals surface area contributed by atoms with Gasteiger partial charge in [-0.15, -0.1) is 5.10 Å². The van der Waals surface area contributed by atoms with E-state index >= 15 is 0 Å². The number of hydrogen-bond donors (Lipinski definition) is 0. The molecule has 31 heavy (non-hydrogen) atoms. The number of piperidine rings is 1. The SMILES string of the molecule is CCOC(Cn1cc(C(=O)N2CCC(CN3CCc4ccccc43)CC2)nn1)OCC. The Morgan fingerprint density at radius 2 is 1.87 bits per heavy atom. The van der Waals surface area contributed by atoms with Crippen molar-refractivity contribution in [3.05, 3.63) is 41.7 Å². The van der Waals surface area contributed by atoms with Crippen molar-refractivity contribution in [2.75, 3.05) is 44.3 Å². The molecular formula is C23H33N5O3. The monoisotopic (exact) mass is 427 g/mol. The van der Waals surface area contributed by atoms with Crippen molar-refractivity contribution in [3.8, 4) is 0 Å². The van der Waals surface area contributed by atoms with E-state index in [4.69, 9.17) is 9.47 Å². The van der Waals surface area contributed by atoms with Crippen molar-refractivity contribution in [3.63, 3.8) is 0 Å². The number of fused-ring (bicyclic) bond motifs is 1. The normalized spacial score (nSPS) is 16.9. The number of anilines is 1. The van der Waals surface area contributed by atoms with E-state index in [1.54, 1.807) is 10.9 Å². The van der Waals surface area contributed by atoms with Gasteiger partial charge in [-0.05, 0) is 50.7 Å². The Bertz CT molecular complexity index is 856. The van der Waals surface area contributed by atoms with Crippen LogP contribution in [0.1, 0.15) is 42.7 Å². The summed E-state index contributed by atoms with van der Waals surface area (Å²) < 4.78 is 12.7. The molecule has 0 N–H and O–H groups in total. The molecule has 0 unspecified atom stereocenters. The highest BCUT2D eigenvalue weighted by molar-refractivity contribution is 5.92. The van der Waals surface area contributed by atoms with Crippen LogP contribution in [0.2, 0.25) is 0 Å². The molecular weight excluding hydrogens is 394 g/mol. The van der Waals surface area contributed by atoms with Gasteiger partial charge >= 0.3 is 0 Å². The minimum atomic E-state index is -0.383. The summed E-state index contributed by atoms with van der Waals surface area (Å²) in [5.74, 6) is 0.574. The van der Waals surface area contributed by atoms with E-state index in [9.17, 15) is 4.79 Å². The molecule has 1 aromatic carbocycles. The molecule has 2 aromatic rings. The average molecular weight is 428 g/mol. The van der Waals surface area contributed by atoms with Crippen molar-refractivity contribution >= 4 is 11.6 Å². The third kappa shape index (κ3) is 5.25. The predicted octanol–water partition coefficient (Wildman–Crippen LogP) is 2.59. The molecule has 8 nitrogen and oxygen atoms in total. The van der Waals surface area contributed by atoms with Crippen LogP contribution in [0.3, 0.4) is 0 Å². The number of likely N-dealkylation sites (tertiary alicyclic amines) is 1. The minimum Gasteiger partial charge on any atom is -0.371 e. The van der Waals surface area contributed by atoms with Gasteiger partial charge in [0.25, 0.3) is 5.91 Å². The summed E-state index contributed by atoms with van der Waals surface area (Å²) in [6.45, 7) is 9.10. The van der Waals surface area contributed by atoms with Crippen molar-refractivity contribution in [2.24, 2.45) is 5.92 Å². The van der Waals surface area contributed by atoms with Gasteiger partial charge in [-0.3, -0.25) is 4.79 Å². The van der Waals surface area contributed by atoms with Crippen LogP contribution < -0.4 is 4.90 Å². The van der Waals surface area contributed by atoms with Crippen molar-refractivity contribution in [1.82, 2.24) is 19.9 Å². The largest absolute Gasteiger partial charge is 0.371 e. The van der Waals surface area contributed by atoms with Gasteiger partial charge in [0.05, 0.1) is 12.7 Å². The maximum Gasteiger partial charge on any atom is 0.276 e. The lowest BCUT2D eigenvalue weighted by atomic mass is 9.96. The van der Waals surface area contributed by atoms with Crippen LogP contribution in [-0.2, 0) is 22.4 Å². The van der Waals surface area contributed by atoms with E-state index in [-0.39, 0.29) is 12.2 Å². The van der Waals surface area contributed by atoms with Crippen LogP contribution in [0, 0.1) is 5.92 Å². The smallest absolute Gasteiger partial charge is 0.276 e. The van der Waals surface area contributed by atoms with Crippen LogP contribution in [0.4, 0.5) is 5.69 Å². The molecule has 4 rings (SSSR count). The highest BCUT2D eigenvalue weighted by atomic mass is 16.7. The zero-order valence-electron chi connectivity index (χ0n) is 18.6. The number of hydrogen-bond acceptors (Lipinski definition) is 6. The lowest BCUT2D eigenvalue weighted by Gasteiger charge is -2.34. The number of para-hydroxylation sites is 1. The van der Waals surface area contributed by atoms with Crippen molar-refractivity contribution in [1.29, 1.82) is 0 Å². The van der Waals surface area contributed by atoms with E-state index in [1.165, 1.54) is 11.3 Å². The Balaban J connectivity index is 1.27. The second kappa shape index (κ2) is 10.2. The van der Waals surface area contributed by atoms with E-state index < -0.39 is 0 Å². The standard InChI is InChI=1S/C23H33N5O3/c1-3-30-22(31-4-2)17-28-16-20(24-25-28)23(29)26-12-9-18(10-13-26)15-27-14-11-19-7-5-6-8-21(19)27/h5-8,16,18,22H,3-4,9-15,17H2,1-2H3. The maximum absolute atomic E-state index is 12.9. The molecule has 8 heteroatoms. The van der Waals surface area contributed by atoms with E-state index in [1.807, 2.05) is 18.7 Å². The van der Waals surface area contributed by atoms with E-state index in [0.717, 1.165) is 45.4 Å². The first-order valence-corrected chi connectivity index (χ1v) is 11.4. The Hall–Kier alpha value is -2.45. The van der Waals surface area contributed by atoms with Crippen LogP contribution in [0.15, 0.2) is 30.5 Å². The Kier molecular flexibility index (Phi) is 7.19. The van der Waals surface area contributed by atoms with Gasteiger partial charge in [0.15, 0.2) is 12.0 Å². The van der Waals surface area contributed by atoms with E-state index in [2.05, 4.69) is 39.5 Å². The third-order valence-corrected chi connectivity index (χ3v) is 6.16. The zero-order valence-corrected chi connectivity index (χ0v) is 18.6. The number of aromatic nitrogens is 3. The van der Waals surface area contributed by atoms with Crippen LogP contribution >= 0.6 is 0 Å².